The number of hydrogen-bond donors (Lipinski definition) is 0. The van der Waals surface area contributed by atoms with Crippen LogP contribution in [0, 0.1) is 0 Å². The Labute approximate surface area is 169 Å². The summed E-state index contributed by atoms with van der Waals surface area (Å²) in [6.07, 6.45) is 3.17. The molecule has 29 heavy (non-hydrogen) atoms. The molecule has 1 aromatic heterocycles. The van der Waals surface area contributed by atoms with Crippen molar-refractivity contribution in [1.82, 2.24) is 15.0 Å². The van der Waals surface area contributed by atoms with Gasteiger partial charge in [0, 0.05) is 17.8 Å². The van der Waals surface area contributed by atoms with Crippen molar-refractivity contribution in [1.29, 1.82) is 0 Å². The van der Waals surface area contributed by atoms with Crippen molar-refractivity contribution in [3.05, 3.63) is 89.5 Å². The van der Waals surface area contributed by atoms with Crippen LogP contribution in [-0.4, -0.2) is 27.4 Å². The van der Waals surface area contributed by atoms with Crippen molar-refractivity contribution >= 4 is 22.6 Å². The number of carbonyl (C=O) groups excluding carboxylic acids is 1. The average Bonchev–Trinajstić information content (AvgIpc) is 3.04. The van der Waals surface area contributed by atoms with Crippen molar-refractivity contribution in [3.8, 4) is 0 Å². The van der Waals surface area contributed by atoms with E-state index in [4.69, 9.17) is 0 Å². The Balaban J connectivity index is 1.38. The SMILES string of the molecule is O=C(c1ccc(Cn2nnc3ccccc32)cc1)N1CCCCc2ccccc21. The van der Waals surface area contributed by atoms with Crippen LogP contribution < -0.4 is 4.90 Å². The molecule has 5 rings (SSSR count). The van der Waals surface area contributed by atoms with Crippen LogP contribution in [0.25, 0.3) is 11.0 Å². The van der Waals surface area contributed by atoms with Gasteiger partial charge in [0.2, 0.25) is 0 Å². The van der Waals surface area contributed by atoms with Crippen LogP contribution in [0.4, 0.5) is 5.69 Å². The molecule has 0 atom stereocenters. The number of anilines is 1. The van der Waals surface area contributed by atoms with E-state index in [0.717, 1.165) is 48.1 Å². The molecule has 0 N–H and O–H groups in total. The smallest absolute Gasteiger partial charge is 0.258 e. The van der Waals surface area contributed by atoms with Crippen LogP contribution >= 0.6 is 0 Å². The van der Waals surface area contributed by atoms with Gasteiger partial charge in [-0.3, -0.25) is 4.79 Å². The quantitative estimate of drug-likeness (QED) is 0.526. The Bertz CT molecular complexity index is 1160. The van der Waals surface area contributed by atoms with Gasteiger partial charge in [-0.2, -0.15) is 0 Å². The van der Waals surface area contributed by atoms with Crippen LogP contribution in [0.1, 0.15) is 34.3 Å². The number of hydrogen-bond acceptors (Lipinski definition) is 3. The first kappa shape index (κ1) is 17.6. The van der Waals surface area contributed by atoms with Crippen LogP contribution in [-0.2, 0) is 13.0 Å². The predicted molar refractivity (Wildman–Crippen MR) is 114 cm³/mol. The first-order chi connectivity index (χ1) is 14.3. The summed E-state index contributed by atoms with van der Waals surface area (Å²) in [5.41, 5.74) is 6.01. The molecule has 3 aromatic carbocycles. The van der Waals surface area contributed by atoms with Crippen molar-refractivity contribution < 1.29 is 4.79 Å². The Morgan fingerprint density at radius 2 is 1.69 bits per heavy atom. The lowest BCUT2D eigenvalue weighted by molar-refractivity contribution is 0.0987. The van der Waals surface area contributed by atoms with Crippen LogP contribution in [0.5, 0.6) is 0 Å². The maximum absolute atomic E-state index is 13.2. The van der Waals surface area contributed by atoms with Crippen LogP contribution in [0.3, 0.4) is 0 Å². The molecule has 0 fully saturated rings. The number of aromatic nitrogens is 3. The fourth-order valence-electron chi connectivity index (χ4n) is 4.02. The minimum atomic E-state index is 0.0668. The van der Waals surface area contributed by atoms with E-state index in [1.165, 1.54) is 5.56 Å². The predicted octanol–water partition coefficient (Wildman–Crippen LogP) is 4.46. The Morgan fingerprint density at radius 1 is 0.897 bits per heavy atom. The number of nitrogens with zero attached hydrogens (tertiary/aromatic N) is 4. The Kier molecular flexibility index (Phi) is 4.56. The number of fused-ring (bicyclic) bond motifs is 2. The van der Waals surface area contributed by atoms with Gasteiger partial charge in [-0.25, -0.2) is 4.68 Å². The molecule has 1 aliphatic heterocycles. The molecule has 0 saturated carbocycles. The number of rotatable bonds is 3. The number of aryl methyl sites for hydroxylation is 1. The van der Waals surface area contributed by atoms with Gasteiger partial charge in [-0.15, -0.1) is 5.10 Å². The number of amides is 1. The Morgan fingerprint density at radius 3 is 2.59 bits per heavy atom. The van der Waals surface area contributed by atoms with E-state index in [9.17, 15) is 4.79 Å². The lowest BCUT2D eigenvalue weighted by Gasteiger charge is -2.23. The van der Waals surface area contributed by atoms with Gasteiger partial charge in [0.1, 0.15) is 5.52 Å². The third-order valence-electron chi connectivity index (χ3n) is 5.56. The van der Waals surface area contributed by atoms with Crippen molar-refractivity contribution in [3.63, 3.8) is 0 Å². The molecular formula is C24H22N4O. The molecule has 0 bridgehead atoms. The first-order valence-corrected chi connectivity index (χ1v) is 10.1. The second-order valence-electron chi connectivity index (χ2n) is 7.48. The fraction of sp³-hybridized carbons (Fsp3) is 0.208. The summed E-state index contributed by atoms with van der Waals surface area (Å²) in [5.74, 6) is 0.0668. The number of benzene rings is 3. The maximum Gasteiger partial charge on any atom is 0.258 e. The molecule has 1 amide bonds. The lowest BCUT2D eigenvalue weighted by Crippen LogP contribution is -2.31. The summed E-state index contributed by atoms with van der Waals surface area (Å²) in [6, 6.07) is 24.0. The summed E-state index contributed by atoms with van der Waals surface area (Å²) in [5, 5.41) is 8.45. The monoisotopic (exact) mass is 382 g/mol. The highest BCUT2D eigenvalue weighted by atomic mass is 16.2. The number of para-hydroxylation sites is 2. The summed E-state index contributed by atoms with van der Waals surface area (Å²) >= 11 is 0. The molecule has 144 valence electrons. The maximum atomic E-state index is 13.2. The minimum absolute atomic E-state index is 0.0668. The summed E-state index contributed by atoms with van der Waals surface area (Å²) in [7, 11) is 0. The summed E-state index contributed by atoms with van der Waals surface area (Å²) in [6.45, 7) is 1.39. The van der Waals surface area contributed by atoms with E-state index in [1.54, 1.807) is 0 Å². The first-order valence-electron chi connectivity index (χ1n) is 10.1. The van der Waals surface area contributed by atoms with Gasteiger partial charge in [-0.1, -0.05) is 47.7 Å². The van der Waals surface area contributed by atoms with E-state index in [-0.39, 0.29) is 5.91 Å². The third kappa shape index (κ3) is 3.40. The molecule has 5 nitrogen and oxygen atoms in total. The highest BCUT2D eigenvalue weighted by Crippen LogP contribution is 2.27. The van der Waals surface area contributed by atoms with Crippen LogP contribution in [0.15, 0.2) is 72.8 Å². The Hall–Kier alpha value is -3.47. The third-order valence-corrected chi connectivity index (χ3v) is 5.56. The van der Waals surface area contributed by atoms with Gasteiger partial charge in [0.25, 0.3) is 5.91 Å². The zero-order valence-electron chi connectivity index (χ0n) is 16.2. The minimum Gasteiger partial charge on any atom is -0.308 e. The zero-order chi connectivity index (χ0) is 19.6. The molecule has 1 aliphatic rings. The molecule has 0 unspecified atom stereocenters. The molecule has 5 heteroatoms. The van der Waals surface area contributed by atoms with E-state index in [1.807, 2.05) is 64.2 Å². The normalized spacial score (nSPS) is 13.9. The molecule has 0 aliphatic carbocycles. The van der Waals surface area contributed by atoms with Gasteiger partial charge in [0.15, 0.2) is 0 Å². The standard InChI is InChI=1S/C24H22N4O/c29-24(27-16-6-5-8-19-7-1-3-10-22(19)27)20-14-12-18(13-15-20)17-28-23-11-4-2-9-21(23)25-26-28/h1-4,7,9-15H,5-6,8,16-17H2. The van der Waals surface area contributed by atoms with Crippen LogP contribution in [0.2, 0.25) is 0 Å². The van der Waals surface area contributed by atoms with Gasteiger partial charge >= 0.3 is 0 Å². The topological polar surface area (TPSA) is 51.0 Å². The largest absolute Gasteiger partial charge is 0.308 e. The van der Waals surface area contributed by atoms with E-state index < -0.39 is 0 Å². The molecule has 0 saturated heterocycles. The van der Waals surface area contributed by atoms with Gasteiger partial charge in [0.05, 0.1) is 12.1 Å². The second kappa shape index (κ2) is 7.51. The lowest BCUT2D eigenvalue weighted by atomic mass is 10.1. The summed E-state index contributed by atoms with van der Waals surface area (Å²) in [4.78, 5) is 15.1. The van der Waals surface area contributed by atoms with Gasteiger partial charge in [-0.05, 0) is 60.7 Å². The fourth-order valence-corrected chi connectivity index (χ4v) is 4.02. The van der Waals surface area contributed by atoms with Crippen molar-refractivity contribution in [2.75, 3.05) is 11.4 Å². The zero-order valence-corrected chi connectivity index (χ0v) is 16.2. The molecular weight excluding hydrogens is 360 g/mol. The van der Waals surface area contributed by atoms with Gasteiger partial charge < -0.3 is 4.90 Å². The highest BCUT2D eigenvalue weighted by Gasteiger charge is 2.22. The molecule has 4 aromatic rings. The number of carbonyl (C=O) groups is 1. The average molecular weight is 382 g/mol. The van der Waals surface area contributed by atoms with E-state index in [2.05, 4.69) is 28.5 Å². The molecule has 0 spiro atoms. The van der Waals surface area contributed by atoms with E-state index >= 15 is 0 Å². The highest BCUT2D eigenvalue weighted by molar-refractivity contribution is 6.06. The van der Waals surface area contributed by atoms with Crippen molar-refractivity contribution in [2.24, 2.45) is 0 Å². The van der Waals surface area contributed by atoms with E-state index in [0.29, 0.717) is 12.1 Å². The molecule has 0 radical (unpaired) electrons. The summed E-state index contributed by atoms with van der Waals surface area (Å²) < 4.78 is 1.89. The molecule has 2 heterocycles. The van der Waals surface area contributed by atoms with Crippen molar-refractivity contribution in [2.45, 2.75) is 25.8 Å². The second-order valence-corrected chi connectivity index (χ2v) is 7.48.